The van der Waals surface area contributed by atoms with Crippen LogP contribution in [0.3, 0.4) is 0 Å². The summed E-state index contributed by atoms with van der Waals surface area (Å²) in [5.74, 6) is 0.471. The topological polar surface area (TPSA) is 64.0 Å². The third-order valence-corrected chi connectivity index (χ3v) is 5.10. The molecule has 0 spiro atoms. The predicted molar refractivity (Wildman–Crippen MR) is 109 cm³/mol. The molecule has 5 nitrogen and oxygen atoms in total. The normalized spacial score (nSPS) is 12.5. The summed E-state index contributed by atoms with van der Waals surface area (Å²) in [7, 11) is 0. The molecule has 0 saturated heterocycles. The summed E-state index contributed by atoms with van der Waals surface area (Å²) in [6, 6.07) is 5.26. The van der Waals surface area contributed by atoms with Crippen molar-refractivity contribution in [3.05, 3.63) is 33.6 Å². The number of aromatic nitrogens is 2. The maximum atomic E-state index is 12.9. The third kappa shape index (κ3) is 5.48. The first kappa shape index (κ1) is 20.8. The molecule has 1 aromatic heterocycles. The molecule has 0 fully saturated rings. The lowest BCUT2D eigenvalue weighted by Gasteiger charge is -2.16. The van der Waals surface area contributed by atoms with Gasteiger partial charge in [0.2, 0.25) is 5.91 Å². The highest BCUT2D eigenvalue weighted by Gasteiger charge is 2.15. The lowest BCUT2D eigenvalue weighted by atomic mass is 10.2. The number of hydrogen-bond acceptors (Lipinski definition) is 4. The summed E-state index contributed by atoms with van der Waals surface area (Å²) in [6.45, 7) is 8.72. The van der Waals surface area contributed by atoms with Gasteiger partial charge in [0.25, 0.3) is 5.56 Å². The second-order valence-electron chi connectivity index (χ2n) is 6.91. The second kappa shape index (κ2) is 9.42. The number of rotatable bonds is 8. The molecule has 0 aliphatic carbocycles. The summed E-state index contributed by atoms with van der Waals surface area (Å²) in [6.07, 6.45) is 1.97. The summed E-state index contributed by atoms with van der Waals surface area (Å²) < 4.78 is 1.65. The summed E-state index contributed by atoms with van der Waals surface area (Å²) >= 11 is 7.33. The van der Waals surface area contributed by atoms with Crippen LogP contribution in [0.5, 0.6) is 0 Å². The Bertz CT molecular complexity index is 835. The van der Waals surface area contributed by atoms with Crippen molar-refractivity contribution in [2.24, 2.45) is 5.92 Å². The smallest absolute Gasteiger partial charge is 0.262 e. The van der Waals surface area contributed by atoms with Crippen LogP contribution in [0.15, 0.2) is 28.2 Å². The van der Waals surface area contributed by atoms with Crippen molar-refractivity contribution < 1.29 is 4.79 Å². The van der Waals surface area contributed by atoms with Gasteiger partial charge in [-0.25, -0.2) is 4.98 Å². The Morgan fingerprint density at radius 1 is 1.35 bits per heavy atom. The molecule has 0 bridgehead atoms. The van der Waals surface area contributed by atoms with E-state index in [0.29, 0.717) is 27.6 Å². The maximum Gasteiger partial charge on any atom is 0.262 e. The van der Waals surface area contributed by atoms with E-state index in [2.05, 4.69) is 17.2 Å². The number of benzene rings is 1. The van der Waals surface area contributed by atoms with Gasteiger partial charge in [0.05, 0.1) is 16.7 Å². The highest BCUT2D eigenvalue weighted by molar-refractivity contribution is 7.99. The molecule has 26 heavy (non-hydrogen) atoms. The maximum absolute atomic E-state index is 12.9. The van der Waals surface area contributed by atoms with Gasteiger partial charge in [-0.3, -0.25) is 14.2 Å². The van der Waals surface area contributed by atoms with Gasteiger partial charge in [-0.2, -0.15) is 0 Å². The van der Waals surface area contributed by atoms with Crippen LogP contribution in [0.1, 0.15) is 40.5 Å². The van der Waals surface area contributed by atoms with Gasteiger partial charge in [0, 0.05) is 17.6 Å². The Balaban J connectivity index is 2.28. The van der Waals surface area contributed by atoms with Crippen molar-refractivity contribution in [2.75, 3.05) is 5.75 Å². The van der Waals surface area contributed by atoms with Gasteiger partial charge in [-0.15, -0.1) is 0 Å². The van der Waals surface area contributed by atoms with Crippen molar-refractivity contribution in [3.8, 4) is 0 Å². The van der Waals surface area contributed by atoms with Gasteiger partial charge in [-0.05, 0) is 37.5 Å². The molecule has 0 saturated carbocycles. The number of nitrogens with one attached hydrogen (secondary N) is 1. The molecule has 1 N–H and O–H groups in total. The number of amides is 1. The minimum Gasteiger partial charge on any atom is -0.353 e. The van der Waals surface area contributed by atoms with E-state index in [4.69, 9.17) is 11.6 Å². The molecule has 0 unspecified atom stereocenters. The number of carbonyl (C=O) groups is 1. The first-order valence-corrected chi connectivity index (χ1v) is 10.3. The largest absolute Gasteiger partial charge is 0.353 e. The van der Waals surface area contributed by atoms with E-state index in [1.807, 2.05) is 20.8 Å². The number of halogens is 1. The Hall–Kier alpha value is -1.53. The molecular weight excluding hydrogens is 370 g/mol. The minimum atomic E-state index is -0.117. The highest BCUT2D eigenvalue weighted by Crippen LogP contribution is 2.21. The molecule has 0 aliphatic rings. The Morgan fingerprint density at radius 3 is 2.73 bits per heavy atom. The standard InChI is InChI=1S/C19H26ClN3O2S/c1-5-6-13(4)21-17(24)11-26-19-22-16-8-7-14(20)9-15(16)18(25)23(19)10-12(2)3/h7-9,12-13H,5-6,10-11H2,1-4H3,(H,21,24)/t13-/m0/s1. The van der Waals surface area contributed by atoms with E-state index in [0.717, 1.165) is 12.8 Å². The molecule has 1 aromatic carbocycles. The van der Waals surface area contributed by atoms with Gasteiger partial charge in [0.15, 0.2) is 5.16 Å². The zero-order valence-electron chi connectivity index (χ0n) is 15.7. The third-order valence-electron chi connectivity index (χ3n) is 3.89. The van der Waals surface area contributed by atoms with Crippen LogP contribution in [0, 0.1) is 5.92 Å². The number of nitrogens with zero attached hydrogens (tertiary/aromatic N) is 2. The number of thioether (sulfide) groups is 1. The summed E-state index contributed by atoms with van der Waals surface area (Å²) in [5.41, 5.74) is 0.482. The van der Waals surface area contributed by atoms with Gasteiger partial charge in [0.1, 0.15) is 0 Å². The average molecular weight is 396 g/mol. The summed E-state index contributed by atoms with van der Waals surface area (Å²) in [4.78, 5) is 29.7. The minimum absolute atomic E-state index is 0.0440. The molecular formula is C19H26ClN3O2S. The van der Waals surface area contributed by atoms with Crippen LogP contribution in [0.25, 0.3) is 10.9 Å². The van der Waals surface area contributed by atoms with Crippen molar-refractivity contribution >= 4 is 40.2 Å². The van der Waals surface area contributed by atoms with Crippen LogP contribution >= 0.6 is 23.4 Å². The molecule has 7 heteroatoms. The summed E-state index contributed by atoms with van der Waals surface area (Å²) in [5, 5.41) is 4.56. The molecule has 2 rings (SSSR count). The van der Waals surface area contributed by atoms with Gasteiger partial charge >= 0.3 is 0 Å². The fraction of sp³-hybridized carbons (Fsp3) is 0.526. The van der Waals surface area contributed by atoms with Crippen molar-refractivity contribution in [1.82, 2.24) is 14.9 Å². The van der Waals surface area contributed by atoms with E-state index in [-0.39, 0.29) is 29.2 Å². The monoisotopic (exact) mass is 395 g/mol. The predicted octanol–water partition coefficient (Wildman–Crippen LogP) is 4.10. The first-order valence-electron chi connectivity index (χ1n) is 8.94. The second-order valence-corrected chi connectivity index (χ2v) is 8.29. The molecule has 1 heterocycles. The van der Waals surface area contributed by atoms with E-state index in [1.54, 1.807) is 22.8 Å². The van der Waals surface area contributed by atoms with Crippen LogP contribution in [-0.2, 0) is 11.3 Å². The zero-order valence-corrected chi connectivity index (χ0v) is 17.3. The number of hydrogen-bond donors (Lipinski definition) is 1. The van der Waals surface area contributed by atoms with Crippen molar-refractivity contribution in [1.29, 1.82) is 0 Å². The molecule has 0 aliphatic heterocycles. The van der Waals surface area contributed by atoms with Crippen LogP contribution in [-0.4, -0.2) is 27.3 Å². The van der Waals surface area contributed by atoms with Crippen molar-refractivity contribution in [2.45, 2.75) is 58.3 Å². The number of fused-ring (bicyclic) bond motifs is 1. The quantitative estimate of drug-likeness (QED) is 0.539. The first-order chi connectivity index (χ1) is 12.3. The van der Waals surface area contributed by atoms with Crippen LogP contribution < -0.4 is 10.9 Å². The highest BCUT2D eigenvalue weighted by atomic mass is 35.5. The Morgan fingerprint density at radius 2 is 2.08 bits per heavy atom. The Labute approximate surface area is 163 Å². The molecule has 1 amide bonds. The van der Waals surface area contributed by atoms with Crippen LogP contribution in [0.4, 0.5) is 0 Å². The van der Waals surface area contributed by atoms with Crippen molar-refractivity contribution in [3.63, 3.8) is 0 Å². The number of carbonyl (C=O) groups excluding carboxylic acids is 1. The van der Waals surface area contributed by atoms with E-state index >= 15 is 0 Å². The lowest BCUT2D eigenvalue weighted by Crippen LogP contribution is -2.34. The fourth-order valence-electron chi connectivity index (χ4n) is 2.76. The zero-order chi connectivity index (χ0) is 19.3. The van der Waals surface area contributed by atoms with E-state index in [1.165, 1.54) is 11.8 Å². The lowest BCUT2D eigenvalue weighted by molar-refractivity contribution is -0.119. The Kier molecular flexibility index (Phi) is 7.53. The van der Waals surface area contributed by atoms with Gasteiger partial charge in [-0.1, -0.05) is 50.6 Å². The van der Waals surface area contributed by atoms with E-state index in [9.17, 15) is 9.59 Å². The average Bonchev–Trinajstić information content (AvgIpc) is 2.56. The van der Waals surface area contributed by atoms with Gasteiger partial charge < -0.3 is 5.32 Å². The molecule has 2 aromatic rings. The van der Waals surface area contributed by atoms with E-state index < -0.39 is 0 Å². The van der Waals surface area contributed by atoms with Crippen LogP contribution in [0.2, 0.25) is 5.02 Å². The fourth-order valence-corrected chi connectivity index (χ4v) is 3.75. The molecule has 142 valence electrons. The molecule has 1 atom stereocenters. The SMILES string of the molecule is CCC[C@H](C)NC(=O)CSc1nc2ccc(Cl)cc2c(=O)n1CC(C)C. The molecule has 0 radical (unpaired) electrons.